The minimum atomic E-state index is -1.62. The average molecular weight is 466 g/mol. The van der Waals surface area contributed by atoms with Gasteiger partial charge in [0.1, 0.15) is 64.4 Å². The molecule has 14 heteroatoms. The van der Waals surface area contributed by atoms with Crippen molar-refractivity contribution in [1.82, 2.24) is 20.2 Å². The monoisotopic (exact) mass is 466 g/mol. The van der Waals surface area contributed by atoms with E-state index in [0.29, 0.717) is 12.4 Å². The highest BCUT2D eigenvalue weighted by Gasteiger charge is 2.63. The van der Waals surface area contributed by atoms with Crippen LogP contribution in [0.4, 0.5) is 8.78 Å². The molecule has 33 heavy (non-hydrogen) atoms. The normalized spacial score (nSPS) is 23.2. The summed E-state index contributed by atoms with van der Waals surface area (Å²) in [5.74, 6) is -0.290. The number of benzene rings is 1. The first-order chi connectivity index (χ1) is 15.1. The Balaban J connectivity index is 1.88. The average Bonchev–Trinajstić information content (AvgIpc) is 2.69. The highest BCUT2D eigenvalue weighted by molar-refractivity contribution is 6.57. The Kier molecular flexibility index (Phi) is 6.91. The second kappa shape index (κ2) is 8.80. The van der Waals surface area contributed by atoms with E-state index in [2.05, 4.69) is 15.3 Å². The number of rotatable bonds is 5. The van der Waals surface area contributed by atoms with E-state index in [1.54, 1.807) is 17.3 Å². The summed E-state index contributed by atoms with van der Waals surface area (Å²) in [5.41, 5.74) is -0.383. The number of hydrogen-bond donors (Lipinski definition) is 1. The van der Waals surface area contributed by atoms with Gasteiger partial charge in [-0.15, -0.1) is 0 Å². The standard InChI is InChI=1S/C19H27B6ClF2N4O/c1-10-5-30-14(31-6-10)7-29-9-16(28)8-17(20,21)32(19(24,25)18(16,22)23)15(33)11-2-3-13(27)12(26)4-11/h2-6,29H,7-9,20-25H2,1H3. The van der Waals surface area contributed by atoms with Gasteiger partial charge in [-0.3, -0.25) is 4.79 Å². The number of carbonyl (C=O) groups excluding carboxylic acids is 1. The van der Waals surface area contributed by atoms with Crippen molar-refractivity contribution in [1.29, 1.82) is 0 Å². The third-order valence-electron chi connectivity index (χ3n) is 7.42. The highest BCUT2D eigenvalue weighted by atomic mass is 35.5. The lowest BCUT2D eigenvalue weighted by molar-refractivity contribution is -0.00688. The van der Waals surface area contributed by atoms with Crippen LogP contribution in [0, 0.1) is 12.7 Å². The summed E-state index contributed by atoms with van der Waals surface area (Å²) >= 11 is 5.93. The zero-order valence-electron chi connectivity index (χ0n) is 20.4. The van der Waals surface area contributed by atoms with Crippen LogP contribution in [0.3, 0.4) is 0 Å². The van der Waals surface area contributed by atoms with Crippen LogP contribution in [-0.4, -0.2) is 90.7 Å². The minimum Gasteiger partial charge on any atom is -0.360 e. The molecule has 1 fully saturated rings. The zero-order chi connectivity index (χ0) is 24.8. The van der Waals surface area contributed by atoms with E-state index < -0.39 is 27.4 Å². The van der Waals surface area contributed by atoms with E-state index in [1.165, 1.54) is 18.2 Å². The number of halogens is 3. The van der Waals surface area contributed by atoms with E-state index in [1.807, 2.05) is 54.0 Å². The van der Waals surface area contributed by atoms with Crippen LogP contribution in [0.25, 0.3) is 0 Å². The van der Waals surface area contributed by atoms with Gasteiger partial charge in [0.05, 0.1) is 11.6 Å². The number of aromatic nitrogens is 2. The molecule has 1 unspecified atom stereocenters. The molecule has 1 atom stereocenters. The van der Waals surface area contributed by atoms with Gasteiger partial charge in [0.25, 0.3) is 5.91 Å². The fourth-order valence-electron chi connectivity index (χ4n) is 5.02. The molecule has 5 nitrogen and oxygen atoms in total. The highest BCUT2D eigenvalue weighted by Crippen LogP contribution is 2.54. The van der Waals surface area contributed by atoms with E-state index >= 15 is 4.39 Å². The van der Waals surface area contributed by atoms with Crippen molar-refractivity contribution in [2.75, 3.05) is 6.54 Å². The summed E-state index contributed by atoms with van der Waals surface area (Å²) in [6.45, 7) is 2.35. The molecule has 1 amide bonds. The lowest BCUT2D eigenvalue weighted by Gasteiger charge is -2.67. The molecule has 1 aromatic carbocycles. The number of nitrogens with one attached hydrogen (secondary N) is 1. The predicted molar refractivity (Wildman–Crippen MR) is 144 cm³/mol. The van der Waals surface area contributed by atoms with Crippen molar-refractivity contribution in [3.8, 4) is 0 Å². The fraction of sp³-hybridized carbons (Fsp3) is 0.421. The molecular weight excluding hydrogens is 439 g/mol. The van der Waals surface area contributed by atoms with Gasteiger partial charge in [-0.2, -0.15) is 0 Å². The van der Waals surface area contributed by atoms with Crippen molar-refractivity contribution in [3.05, 3.63) is 58.4 Å². The van der Waals surface area contributed by atoms with E-state index in [-0.39, 0.29) is 29.5 Å². The Morgan fingerprint density at radius 3 is 2.36 bits per heavy atom. The van der Waals surface area contributed by atoms with Crippen LogP contribution in [0.2, 0.25) is 10.2 Å². The van der Waals surface area contributed by atoms with Crippen LogP contribution in [0.5, 0.6) is 0 Å². The molecule has 2 aromatic rings. The Bertz CT molecular complexity index is 1060. The fourth-order valence-corrected chi connectivity index (χ4v) is 5.20. The molecule has 1 saturated heterocycles. The van der Waals surface area contributed by atoms with E-state index in [0.717, 1.165) is 5.56 Å². The smallest absolute Gasteiger partial charge is 0.252 e. The lowest BCUT2D eigenvalue weighted by atomic mass is 9.24. The Morgan fingerprint density at radius 1 is 1.18 bits per heavy atom. The molecule has 0 saturated carbocycles. The van der Waals surface area contributed by atoms with Gasteiger partial charge in [-0.05, 0) is 53.0 Å². The van der Waals surface area contributed by atoms with Crippen LogP contribution in [-0.2, 0) is 6.54 Å². The Hall–Kier alpha value is -1.73. The molecule has 168 valence electrons. The first-order valence-electron chi connectivity index (χ1n) is 11.1. The van der Waals surface area contributed by atoms with Crippen molar-refractivity contribution in [2.24, 2.45) is 0 Å². The first kappa shape index (κ1) is 25.9. The number of carbonyl (C=O) groups is 1. The van der Waals surface area contributed by atoms with Crippen molar-refractivity contribution in [2.45, 2.75) is 41.4 Å². The van der Waals surface area contributed by atoms with Crippen LogP contribution in [0.15, 0.2) is 30.6 Å². The molecule has 0 aliphatic carbocycles. The number of amides is 1. The Labute approximate surface area is 204 Å². The van der Waals surface area contributed by atoms with Crippen molar-refractivity contribution in [3.63, 3.8) is 0 Å². The summed E-state index contributed by atoms with van der Waals surface area (Å²) in [6, 6.07) is 3.93. The maximum absolute atomic E-state index is 16.8. The molecule has 1 aliphatic rings. The van der Waals surface area contributed by atoms with Gasteiger partial charge in [0.15, 0.2) is 0 Å². The molecule has 1 N–H and O–H groups in total. The summed E-state index contributed by atoms with van der Waals surface area (Å²) in [5, 5.41) is 0.470. The molecule has 3 rings (SSSR count). The van der Waals surface area contributed by atoms with Gasteiger partial charge >= 0.3 is 0 Å². The van der Waals surface area contributed by atoms with Gasteiger partial charge in [-0.25, -0.2) is 18.7 Å². The van der Waals surface area contributed by atoms with Crippen LogP contribution < -0.4 is 5.32 Å². The summed E-state index contributed by atoms with van der Waals surface area (Å²) < 4.78 is 30.4. The maximum Gasteiger partial charge on any atom is 0.252 e. The molecule has 1 aromatic heterocycles. The van der Waals surface area contributed by atoms with E-state index in [9.17, 15) is 9.18 Å². The summed E-state index contributed by atoms with van der Waals surface area (Å²) in [6.07, 6.45) is 3.59. The third kappa shape index (κ3) is 4.63. The predicted octanol–water partition coefficient (Wildman–Crippen LogP) is -2.86. The molecule has 0 radical (unpaired) electrons. The van der Waals surface area contributed by atoms with Gasteiger partial charge in [0, 0.05) is 24.5 Å². The topological polar surface area (TPSA) is 58.1 Å². The number of piperidine rings is 1. The van der Waals surface area contributed by atoms with Gasteiger partial charge in [0.2, 0.25) is 0 Å². The molecule has 0 bridgehead atoms. The molecule has 0 spiro atoms. The first-order valence-corrected chi connectivity index (χ1v) is 11.5. The SMILES string of the molecule is BC1(B)CC(F)(CNCc2ncc(C)cn2)C(B)(B)C(B)(B)N1C(=O)c1ccc(F)c(Cl)c1. The third-order valence-corrected chi connectivity index (χ3v) is 7.71. The maximum atomic E-state index is 16.8. The second-order valence-corrected chi connectivity index (χ2v) is 11.1. The Morgan fingerprint density at radius 2 is 1.79 bits per heavy atom. The van der Waals surface area contributed by atoms with Crippen LogP contribution in [0.1, 0.15) is 28.2 Å². The second-order valence-electron chi connectivity index (χ2n) is 10.7. The summed E-state index contributed by atoms with van der Waals surface area (Å²) in [7, 11) is 11.2. The summed E-state index contributed by atoms with van der Waals surface area (Å²) in [4.78, 5) is 23.9. The largest absolute Gasteiger partial charge is 0.360 e. The quantitative estimate of drug-likeness (QED) is 0.483. The van der Waals surface area contributed by atoms with Crippen molar-refractivity contribution >= 4 is 64.6 Å². The lowest BCUT2D eigenvalue weighted by Crippen LogP contribution is -2.79. The number of aryl methyl sites for hydroxylation is 1. The number of alkyl halides is 1. The van der Waals surface area contributed by atoms with Crippen LogP contribution >= 0.6 is 11.6 Å². The molecule has 2 heterocycles. The van der Waals surface area contributed by atoms with Crippen molar-refractivity contribution < 1.29 is 13.6 Å². The minimum absolute atomic E-state index is 0.0918. The van der Waals surface area contributed by atoms with Gasteiger partial charge in [-0.1, -0.05) is 11.6 Å². The van der Waals surface area contributed by atoms with Gasteiger partial charge < -0.3 is 10.2 Å². The zero-order valence-corrected chi connectivity index (χ0v) is 21.1. The molecule has 1 aliphatic heterocycles. The number of nitrogens with zero attached hydrogens (tertiary/aromatic N) is 3. The number of hydrogen-bond acceptors (Lipinski definition) is 4. The van der Waals surface area contributed by atoms with E-state index in [4.69, 9.17) is 11.6 Å². The molecular formula is C19H27B6ClF2N4O. The number of likely N-dealkylation sites (tertiary alicyclic amines) is 1.